The standard InChI is InChI=1S/C15H13BrFNO3/c1-20-15(19)9-2-5-14(13(18)7-9)21-8-10-6-11(17)3-4-12(10)16/h2-7H,8,18H2,1H3. The first-order valence-electron chi connectivity index (χ1n) is 6.06. The van der Waals surface area contributed by atoms with Crippen LogP contribution in [0.25, 0.3) is 0 Å². The molecule has 0 unspecified atom stereocenters. The highest BCUT2D eigenvalue weighted by Crippen LogP contribution is 2.25. The van der Waals surface area contributed by atoms with Gasteiger partial charge < -0.3 is 15.2 Å². The van der Waals surface area contributed by atoms with Crippen LogP contribution in [-0.4, -0.2) is 13.1 Å². The molecule has 0 aliphatic heterocycles. The van der Waals surface area contributed by atoms with Crippen molar-refractivity contribution in [2.24, 2.45) is 0 Å². The van der Waals surface area contributed by atoms with Crippen LogP contribution in [0, 0.1) is 5.82 Å². The number of carbonyl (C=O) groups is 1. The van der Waals surface area contributed by atoms with E-state index in [4.69, 9.17) is 10.5 Å². The average Bonchev–Trinajstić information content (AvgIpc) is 2.48. The summed E-state index contributed by atoms with van der Waals surface area (Å²) in [6.45, 7) is 0.153. The molecule has 6 heteroatoms. The van der Waals surface area contributed by atoms with Gasteiger partial charge in [0.1, 0.15) is 18.2 Å². The summed E-state index contributed by atoms with van der Waals surface area (Å²) in [7, 11) is 1.30. The van der Waals surface area contributed by atoms with E-state index >= 15 is 0 Å². The monoisotopic (exact) mass is 353 g/mol. The minimum atomic E-state index is -0.471. The summed E-state index contributed by atoms with van der Waals surface area (Å²) in [6.07, 6.45) is 0. The van der Waals surface area contributed by atoms with Gasteiger partial charge in [-0.3, -0.25) is 0 Å². The Hall–Kier alpha value is -2.08. The maximum absolute atomic E-state index is 13.2. The van der Waals surface area contributed by atoms with Crippen LogP contribution in [0.5, 0.6) is 5.75 Å². The van der Waals surface area contributed by atoms with Crippen LogP contribution in [0.1, 0.15) is 15.9 Å². The van der Waals surface area contributed by atoms with Crippen molar-refractivity contribution in [3.05, 3.63) is 57.8 Å². The van der Waals surface area contributed by atoms with E-state index < -0.39 is 5.97 Å². The van der Waals surface area contributed by atoms with E-state index in [0.29, 0.717) is 22.6 Å². The van der Waals surface area contributed by atoms with Crippen LogP contribution in [0.2, 0.25) is 0 Å². The number of benzene rings is 2. The highest BCUT2D eigenvalue weighted by Gasteiger charge is 2.10. The Kier molecular flexibility index (Phi) is 4.80. The second-order valence-electron chi connectivity index (χ2n) is 4.27. The first kappa shape index (κ1) is 15.3. The molecule has 110 valence electrons. The van der Waals surface area contributed by atoms with E-state index in [1.807, 2.05) is 0 Å². The average molecular weight is 354 g/mol. The van der Waals surface area contributed by atoms with Crippen molar-refractivity contribution in [3.63, 3.8) is 0 Å². The molecule has 4 nitrogen and oxygen atoms in total. The van der Waals surface area contributed by atoms with Gasteiger partial charge in [0.25, 0.3) is 0 Å². The third kappa shape index (κ3) is 3.72. The van der Waals surface area contributed by atoms with E-state index in [-0.39, 0.29) is 12.4 Å². The summed E-state index contributed by atoms with van der Waals surface area (Å²) >= 11 is 3.32. The lowest BCUT2D eigenvalue weighted by Gasteiger charge is -2.11. The molecule has 0 aromatic heterocycles. The van der Waals surface area contributed by atoms with E-state index in [1.165, 1.54) is 25.3 Å². The zero-order chi connectivity index (χ0) is 15.4. The highest BCUT2D eigenvalue weighted by atomic mass is 79.9. The van der Waals surface area contributed by atoms with Gasteiger partial charge in [0, 0.05) is 10.0 Å². The first-order valence-corrected chi connectivity index (χ1v) is 6.85. The number of hydrogen-bond acceptors (Lipinski definition) is 4. The van der Waals surface area contributed by atoms with E-state index in [2.05, 4.69) is 20.7 Å². The number of esters is 1. The Labute approximate surface area is 129 Å². The van der Waals surface area contributed by atoms with Crippen molar-refractivity contribution >= 4 is 27.6 Å². The number of ether oxygens (including phenoxy) is 2. The largest absolute Gasteiger partial charge is 0.487 e. The summed E-state index contributed by atoms with van der Waals surface area (Å²) in [5, 5.41) is 0. The zero-order valence-corrected chi connectivity index (χ0v) is 12.8. The van der Waals surface area contributed by atoms with Crippen molar-refractivity contribution in [1.29, 1.82) is 0 Å². The molecule has 0 spiro atoms. The normalized spacial score (nSPS) is 10.2. The molecule has 0 saturated carbocycles. The Morgan fingerprint density at radius 1 is 1.29 bits per heavy atom. The Bertz CT molecular complexity index is 676. The molecule has 0 saturated heterocycles. The van der Waals surface area contributed by atoms with Crippen molar-refractivity contribution in [1.82, 2.24) is 0 Å². The first-order chi connectivity index (χ1) is 10.0. The van der Waals surface area contributed by atoms with Gasteiger partial charge in [-0.2, -0.15) is 0 Å². The predicted molar refractivity (Wildman–Crippen MR) is 80.6 cm³/mol. The van der Waals surface area contributed by atoms with Gasteiger partial charge in [0.15, 0.2) is 0 Å². The Morgan fingerprint density at radius 3 is 2.71 bits per heavy atom. The fourth-order valence-corrected chi connectivity index (χ4v) is 2.10. The van der Waals surface area contributed by atoms with Crippen LogP contribution < -0.4 is 10.5 Å². The predicted octanol–water partition coefficient (Wildman–Crippen LogP) is 3.54. The summed E-state index contributed by atoms with van der Waals surface area (Å²) in [5.41, 5.74) is 7.14. The molecule has 0 heterocycles. The van der Waals surface area contributed by atoms with Crippen molar-refractivity contribution in [2.45, 2.75) is 6.61 Å². The Balaban J connectivity index is 2.13. The van der Waals surface area contributed by atoms with E-state index in [1.54, 1.807) is 18.2 Å². The number of hydrogen-bond donors (Lipinski definition) is 1. The fraction of sp³-hybridized carbons (Fsp3) is 0.133. The lowest BCUT2D eigenvalue weighted by atomic mass is 10.2. The number of carbonyl (C=O) groups excluding carboxylic acids is 1. The van der Waals surface area contributed by atoms with Gasteiger partial charge in [-0.1, -0.05) is 15.9 Å². The zero-order valence-electron chi connectivity index (χ0n) is 11.2. The molecule has 0 amide bonds. The highest BCUT2D eigenvalue weighted by molar-refractivity contribution is 9.10. The van der Waals surface area contributed by atoms with Crippen molar-refractivity contribution in [2.75, 3.05) is 12.8 Å². The third-order valence-electron chi connectivity index (χ3n) is 2.82. The van der Waals surface area contributed by atoms with Crippen molar-refractivity contribution in [3.8, 4) is 5.75 Å². The van der Waals surface area contributed by atoms with Crippen LogP contribution in [0.4, 0.5) is 10.1 Å². The smallest absolute Gasteiger partial charge is 0.337 e. The maximum Gasteiger partial charge on any atom is 0.337 e. The summed E-state index contributed by atoms with van der Waals surface area (Å²) in [6, 6.07) is 8.95. The van der Waals surface area contributed by atoms with Gasteiger partial charge in [0.2, 0.25) is 0 Å². The molecule has 0 aliphatic rings. The van der Waals surface area contributed by atoms with E-state index in [9.17, 15) is 9.18 Å². The van der Waals surface area contributed by atoms with Gasteiger partial charge in [-0.25, -0.2) is 9.18 Å². The Morgan fingerprint density at radius 2 is 2.05 bits per heavy atom. The SMILES string of the molecule is COC(=O)c1ccc(OCc2cc(F)ccc2Br)c(N)c1. The second kappa shape index (κ2) is 6.58. The molecule has 0 aliphatic carbocycles. The molecule has 2 aromatic carbocycles. The number of nitrogens with two attached hydrogens (primary N) is 1. The second-order valence-corrected chi connectivity index (χ2v) is 5.12. The number of rotatable bonds is 4. The molecule has 0 fully saturated rings. The van der Waals surface area contributed by atoms with E-state index in [0.717, 1.165) is 4.47 Å². The molecular weight excluding hydrogens is 341 g/mol. The summed E-state index contributed by atoms with van der Waals surface area (Å²) < 4.78 is 24.1. The van der Waals surface area contributed by atoms with Crippen molar-refractivity contribution < 1.29 is 18.7 Å². The maximum atomic E-state index is 13.2. The van der Waals surface area contributed by atoms with Crippen LogP contribution >= 0.6 is 15.9 Å². The minimum absolute atomic E-state index is 0.153. The van der Waals surface area contributed by atoms with Gasteiger partial charge in [-0.15, -0.1) is 0 Å². The van der Waals surface area contributed by atoms with Gasteiger partial charge in [0.05, 0.1) is 18.4 Å². The number of nitrogen functional groups attached to an aromatic ring is 1. The molecule has 0 atom stereocenters. The summed E-state index contributed by atoms with van der Waals surface area (Å²) in [5.74, 6) is -0.397. The number of halogens is 2. The topological polar surface area (TPSA) is 61.5 Å². The molecule has 0 radical (unpaired) electrons. The van der Waals surface area contributed by atoms with Crippen LogP contribution in [-0.2, 0) is 11.3 Å². The van der Waals surface area contributed by atoms with Crippen LogP contribution in [0.15, 0.2) is 40.9 Å². The van der Waals surface area contributed by atoms with Crippen LogP contribution in [0.3, 0.4) is 0 Å². The molecule has 2 N–H and O–H groups in total. The molecular formula is C15H13BrFNO3. The number of anilines is 1. The van der Waals surface area contributed by atoms with Gasteiger partial charge in [-0.05, 0) is 36.4 Å². The summed E-state index contributed by atoms with van der Waals surface area (Å²) in [4.78, 5) is 11.4. The third-order valence-corrected chi connectivity index (χ3v) is 3.60. The lowest BCUT2D eigenvalue weighted by molar-refractivity contribution is 0.0600. The molecule has 2 aromatic rings. The fourth-order valence-electron chi connectivity index (χ4n) is 1.73. The molecule has 0 bridgehead atoms. The minimum Gasteiger partial charge on any atom is -0.487 e. The molecule has 2 rings (SSSR count). The number of methoxy groups -OCH3 is 1. The van der Waals surface area contributed by atoms with Gasteiger partial charge >= 0.3 is 5.97 Å². The quantitative estimate of drug-likeness (QED) is 0.674. The lowest BCUT2D eigenvalue weighted by Crippen LogP contribution is -2.04. The molecule has 21 heavy (non-hydrogen) atoms.